The largest absolute Gasteiger partial charge is 0.493 e. The number of imidazole rings is 1. The first kappa shape index (κ1) is 12.0. The molecule has 0 aliphatic rings. The number of methoxy groups -OCH3 is 2. The number of hydrogen-bond donors (Lipinski definition) is 0. The molecule has 3 rings (SSSR count). The summed E-state index contributed by atoms with van der Waals surface area (Å²) >= 11 is 1.64. The Labute approximate surface area is 115 Å². The molecule has 0 spiro atoms. The highest BCUT2D eigenvalue weighted by Crippen LogP contribution is 2.32. The van der Waals surface area contributed by atoms with Gasteiger partial charge in [-0.1, -0.05) is 0 Å². The lowest BCUT2D eigenvalue weighted by Crippen LogP contribution is -1.90. The molecule has 5 heteroatoms. The Morgan fingerprint density at radius 2 is 1.95 bits per heavy atom. The van der Waals surface area contributed by atoms with E-state index in [1.165, 1.54) is 5.69 Å². The van der Waals surface area contributed by atoms with Crippen LogP contribution in [0.1, 0.15) is 5.69 Å². The molecule has 0 aliphatic heterocycles. The van der Waals surface area contributed by atoms with Gasteiger partial charge >= 0.3 is 0 Å². The monoisotopic (exact) mass is 274 g/mol. The van der Waals surface area contributed by atoms with Gasteiger partial charge in [0.25, 0.3) is 0 Å². The first-order chi connectivity index (χ1) is 9.22. The lowest BCUT2D eigenvalue weighted by molar-refractivity contribution is 0.355. The van der Waals surface area contributed by atoms with Crippen molar-refractivity contribution in [2.45, 2.75) is 6.92 Å². The van der Waals surface area contributed by atoms with E-state index >= 15 is 0 Å². The maximum absolute atomic E-state index is 5.32. The average Bonchev–Trinajstić information content (AvgIpc) is 3.00. The molecule has 0 saturated heterocycles. The Kier molecular flexibility index (Phi) is 2.91. The van der Waals surface area contributed by atoms with Gasteiger partial charge in [0, 0.05) is 22.8 Å². The zero-order valence-corrected chi connectivity index (χ0v) is 11.8. The molecule has 0 radical (unpaired) electrons. The summed E-state index contributed by atoms with van der Waals surface area (Å²) in [5.41, 5.74) is 3.16. The minimum Gasteiger partial charge on any atom is -0.493 e. The summed E-state index contributed by atoms with van der Waals surface area (Å²) in [5, 5.41) is 2.10. The number of ether oxygens (including phenoxy) is 2. The van der Waals surface area contributed by atoms with E-state index < -0.39 is 0 Å². The van der Waals surface area contributed by atoms with Crippen LogP contribution in [-0.2, 0) is 0 Å². The average molecular weight is 274 g/mol. The van der Waals surface area contributed by atoms with Crippen molar-refractivity contribution in [1.29, 1.82) is 0 Å². The summed E-state index contributed by atoms with van der Waals surface area (Å²) in [6, 6.07) is 5.83. The third-order valence-electron chi connectivity index (χ3n) is 3.07. The third kappa shape index (κ3) is 1.96. The van der Waals surface area contributed by atoms with Crippen molar-refractivity contribution in [2.75, 3.05) is 14.2 Å². The molecule has 0 bridgehead atoms. The number of rotatable bonds is 3. The van der Waals surface area contributed by atoms with Crippen LogP contribution < -0.4 is 9.47 Å². The first-order valence-corrected chi connectivity index (χ1v) is 6.76. The number of aromatic nitrogens is 2. The van der Waals surface area contributed by atoms with Gasteiger partial charge in [-0.3, -0.25) is 4.40 Å². The van der Waals surface area contributed by atoms with E-state index in [1.807, 2.05) is 24.4 Å². The van der Waals surface area contributed by atoms with Gasteiger partial charge in [-0.05, 0) is 25.1 Å². The van der Waals surface area contributed by atoms with E-state index in [-0.39, 0.29) is 0 Å². The van der Waals surface area contributed by atoms with E-state index in [0.29, 0.717) is 5.75 Å². The molecule has 19 heavy (non-hydrogen) atoms. The maximum Gasteiger partial charge on any atom is 0.194 e. The lowest BCUT2D eigenvalue weighted by Gasteiger charge is -2.08. The molecule has 0 unspecified atom stereocenters. The van der Waals surface area contributed by atoms with Crippen molar-refractivity contribution in [1.82, 2.24) is 9.38 Å². The zero-order valence-electron chi connectivity index (χ0n) is 11.0. The second-order valence-corrected chi connectivity index (χ2v) is 5.06. The van der Waals surface area contributed by atoms with Gasteiger partial charge in [-0.25, -0.2) is 4.98 Å². The fraction of sp³-hybridized carbons (Fsp3) is 0.214. The maximum atomic E-state index is 5.32. The quantitative estimate of drug-likeness (QED) is 0.734. The molecule has 0 aliphatic carbocycles. The molecule has 98 valence electrons. The summed E-state index contributed by atoms with van der Waals surface area (Å²) in [6.07, 6.45) is 2.04. The number of hydrogen-bond acceptors (Lipinski definition) is 4. The van der Waals surface area contributed by atoms with Crippen LogP contribution in [0.25, 0.3) is 16.2 Å². The summed E-state index contributed by atoms with van der Waals surface area (Å²) in [7, 11) is 3.27. The Bertz CT molecular complexity index is 730. The molecule has 3 aromatic rings. The fourth-order valence-corrected chi connectivity index (χ4v) is 2.88. The Morgan fingerprint density at radius 1 is 1.16 bits per heavy atom. The molecule has 0 atom stereocenters. The van der Waals surface area contributed by atoms with Gasteiger partial charge in [-0.15, -0.1) is 11.3 Å². The summed E-state index contributed by atoms with van der Waals surface area (Å²) in [6.45, 7) is 2.07. The van der Waals surface area contributed by atoms with Crippen molar-refractivity contribution >= 4 is 16.3 Å². The highest BCUT2D eigenvalue weighted by Gasteiger charge is 2.10. The first-order valence-electron chi connectivity index (χ1n) is 5.88. The highest BCUT2D eigenvalue weighted by molar-refractivity contribution is 7.15. The standard InChI is InChI=1S/C14H14N2O2S/c1-9-8-19-14-15-11(7-16(9)14)10-4-5-12(17-2)13(6-10)18-3/h4-8H,1-3H3. The minimum atomic E-state index is 0.716. The van der Waals surface area contributed by atoms with Gasteiger partial charge in [0.1, 0.15) is 0 Å². The highest BCUT2D eigenvalue weighted by atomic mass is 32.1. The Hall–Kier alpha value is -2.01. The van der Waals surface area contributed by atoms with E-state index in [9.17, 15) is 0 Å². The smallest absolute Gasteiger partial charge is 0.194 e. The van der Waals surface area contributed by atoms with Crippen molar-refractivity contribution in [2.24, 2.45) is 0 Å². The summed E-state index contributed by atoms with van der Waals surface area (Å²) in [4.78, 5) is 5.62. The van der Waals surface area contributed by atoms with Crippen LogP contribution in [0.5, 0.6) is 11.5 Å². The van der Waals surface area contributed by atoms with Crippen LogP contribution in [0.2, 0.25) is 0 Å². The molecule has 1 aromatic carbocycles. The third-order valence-corrected chi connectivity index (χ3v) is 4.03. The molecule has 4 nitrogen and oxygen atoms in total. The molecule has 2 heterocycles. The minimum absolute atomic E-state index is 0.716. The van der Waals surface area contributed by atoms with Crippen LogP contribution in [0.3, 0.4) is 0 Å². The summed E-state index contributed by atoms with van der Waals surface area (Å²) < 4.78 is 12.7. The molecular formula is C14H14N2O2S. The second kappa shape index (κ2) is 4.59. The zero-order chi connectivity index (χ0) is 13.4. The molecule has 0 fully saturated rings. The van der Waals surface area contributed by atoms with Crippen molar-refractivity contribution < 1.29 is 9.47 Å². The van der Waals surface area contributed by atoms with E-state index in [2.05, 4.69) is 21.7 Å². The predicted molar refractivity (Wildman–Crippen MR) is 76.3 cm³/mol. The van der Waals surface area contributed by atoms with Gasteiger partial charge in [-0.2, -0.15) is 0 Å². The van der Waals surface area contributed by atoms with Crippen molar-refractivity contribution in [3.63, 3.8) is 0 Å². The lowest BCUT2D eigenvalue weighted by atomic mass is 10.1. The van der Waals surface area contributed by atoms with Crippen LogP contribution in [0.15, 0.2) is 29.8 Å². The SMILES string of the molecule is COc1ccc(-c2cn3c(C)csc3n2)cc1OC. The van der Waals surface area contributed by atoms with Crippen LogP contribution in [0.4, 0.5) is 0 Å². The number of fused-ring (bicyclic) bond motifs is 1. The van der Waals surface area contributed by atoms with Gasteiger partial charge in [0.05, 0.1) is 19.9 Å². The molecule has 0 N–H and O–H groups in total. The number of thiazole rings is 1. The Balaban J connectivity index is 2.10. The van der Waals surface area contributed by atoms with Crippen LogP contribution >= 0.6 is 11.3 Å². The topological polar surface area (TPSA) is 35.8 Å². The molecule has 2 aromatic heterocycles. The molecule has 0 saturated carbocycles. The van der Waals surface area contributed by atoms with Crippen molar-refractivity contribution in [3.8, 4) is 22.8 Å². The van der Waals surface area contributed by atoms with Crippen molar-refractivity contribution in [3.05, 3.63) is 35.5 Å². The molecule has 0 amide bonds. The molecular weight excluding hydrogens is 260 g/mol. The van der Waals surface area contributed by atoms with Gasteiger partial charge in [0.15, 0.2) is 16.5 Å². The van der Waals surface area contributed by atoms with E-state index in [1.54, 1.807) is 25.6 Å². The number of aryl methyl sites for hydroxylation is 1. The fourth-order valence-electron chi connectivity index (χ4n) is 2.03. The van der Waals surface area contributed by atoms with Gasteiger partial charge in [0.2, 0.25) is 0 Å². The number of benzene rings is 1. The van der Waals surface area contributed by atoms with E-state index in [4.69, 9.17) is 9.47 Å². The number of nitrogens with zero attached hydrogens (tertiary/aromatic N) is 2. The van der Waals surface area contributed by atoms with Crippen LogP contribution in [0, 0.1) is 6.92 Å². The Morgan fingerprint density at radius 3 is 2.63 bits per heavy atom. The normalized spacial score (nSPS) is 10.9. The second-order valence-electron chi connectivity index (χ2n) is 4.23. The van der Waals surface area contributed by atoms with E-state index in [0.717, 1.165) is 22.0 Å². The van der Waals surface area contributed by atoms with Crippen LogP contribution in [-0.4, -0.2) is 23.6 Å². The van der Waals surface area contributed by atoms with Gasteiger partial charge < -0.3 is 9.47 Å². The summed E-state index contributed by atoms with van der Waals surface area (Å²) in [5.74, 6) is 1.44. The predicted octanol–water partition coefficient (Wildman–Crippen LogP) is 3.39.